The minimum atomic E-state index is -3.15. The van der Waals surface area contributed by atoms with Gasteiger partial charge in [0.2, 0.25) is 13.6 Å². The molecule has 4 aromatic carbocycles. The summed E-state index contributed by atoms with van der Waals surface area (Å²) in [7, 11) is -1.52. The molecule has 0 saturated carbocycles. The Balaban J connectivity index is 0.000000392. The number of nitrogens with zero attached hydrogens (tertiary/aromatic N) is 3. The number of aryl methyl sites for hydroxylation is 1. The number of ether oxygens (including phenoxy) is 5. The number of rotatable bonds is 3. The summed E-state index contributed by atoms with van der Waals surface area (Å²) in [4.78, 5) is 11.9. The van der Waals surface area contributed by atoms with Crippen LogP contribution in [0.1, 0.15) is 25.5 Å². The zero-order valence-corrected chi connectivity index (χ0v) is 37.1. The third-order valence-corrected chi connectivity index (χ3v) is 7.98. The van der Waals surface area contributed by atoms with Crippen LogP contribution in [0.25, 0.3) is 27.5 Å². The first kappa shape index (κ1) is 46.1. The van der Waals surface area contributed by atoms with Crippen molar-refractivity contribution in [3.8, 4) is 46.6 Å². The molecule has 0 spiro atoms. The van der Waals surface area contributed by atoms with E-state index >= 15 is 0 Å². The Hall–Kier alpha value is -2.08. The molecule has 2 aromatic heterocycles. The van der Waals surface area contributed by atoms with Gasteiger partial charge in [-0.25, -0.2) is 4.67 Å². The first-order valence-corrected chi connectivity index (χ1v) is 16.4. The van der Waals surface area contributed by atoms with Crippen LogP contribution in [0, 0.1) is 33.2 Å². The number of methoxy groups -OCH3 is 1. The molecular formula is C35H30IK2N4O9P. The summed E-state index contributed by atoms with van der Waals surface area (Å²) in [5, 5.41) is 28.5. The normalized spacial score (nSPS) is 11.2. The Morgan fingerprint density at radius 2 is 1.38 bits per heavy atom. The molecule has 6 aromatic rings. The first-order chi connectivity index (χ1) is 23.7. The third-order valence-electron chi connectivity index (χ3n) is 7.14. The van der Waals surface area contributed by atoms with E-state index in [9.17, 15) is 5.26 Å². The fraction of sp³-hybridized carbons (Fsp3) is 0.143. The standard InChI is InChI=1S/C17H12N2O3.C10H6N2O2.C7H7I.CH4.2K.HO4P.H/c1-20-13-4-2-12(3-5-13)19-9-11(8-18)14-6-16-17(7-15(14)19)22-10-21-16;11-3-6-4-12-8-2-10-9(1-7(6)8)13-5-14-10;1-6-2-4-7(8)5-3-6;;;;1-4-5(2)3;/h2-7,9H,10H2,1H3;1-2,4,12H,5H2;2-5H,1H3;1H4;;;1H;/q;;;;2*+1;;-1/p-1. The number of nitrogens with one attached hydrogen (secondary N) is 1. The molecule has 0 aliphatic carbocycles. The van der Waals surface area contributed by atoms with E-state index < -0.39 is 8.25 Å². The fourth-order valence-electron chi connectivity index (χ4n) is 4.80. The number of nitriles is 2. The largest absolute Gasteiger partial charge is 1.00 e. The molecule has 2 aliphatic rings. The zero-order chi connectivity index (χ0) is 34.9. The van der Waals surface area contributed by atoms with Crippen molar-refractivity contribution in [1.82, 2.24) is 9.55 Å². The van der Waals surface area contributed by atoms with Crippen molar-refractivity contribution in [2.75, 3.05) is 20.7 Å². The zero-order valence-electron chi connectivity index (χ0n) is 28.8. The summed E-state index contributed by atoms with van der Waals surface area (Å²) in [5.74, 6) is 3.59. The molecule has 0 saturated heterocycles. The smallest absolute Gasteiger partial charge is 1.00 e. The molecule has 0 bridgehead atoms. The van der Waals surface area contributed by atoms with Crippen molar-refractivity contribution < 1.29 is 147 Å². The average Bonchev–Trinajstić information content (AvgIpc) is 3.94. The second kappa shape index (κ2) is 22.3. The van der Waals surface area contributed by atoms with Crippen molar-refractivity contribution in [2.24, 2.45) is 0 Å². The Labute approximate surface area is 401 Å². The second-order valence-corrected chi connectivity index (χ2v) is 11.9. The van der Waals surface area contributed by atoms with E-state index in [1.165, 1.54) is 9.13 Å². The minimum absolute atomic E-state index is 0. The molecule has 0 amide bonds. The maximum Gasteiger partial charge on any atom is 1.00 e. The number of aromatic amines is 1. The Morgan fingerprint density at radius 1 is 0.865 bits per heavy atom. The molecule has 2 aliphatic heterocycles. The van der Waals surface area contributed by atoms with Crippen LogP contribution in [0.3, 0.4) is 0 Å². The van der Waals surface area contributed by atoms with Gasteiger partial charge in [0.25, 0.3) is 0 Å². The molecule has 17 heteroatoms. The van der Waals surface area contributed by atoms with Gasteiger partial charge in [0.05, 0.1) is 29.3 Å². The van der Waals surface area contributed by atoms with Crippen molar-refractivity contribution in [3.05, 3.63) is 105 Å². The Bertz CT molecular complexity index is 2190. The number of benzene rings is 4. The van der Waals surface area contributed by atoms with Crippen LogP contribution in [0.2, 0.25) is 0 Å². The number of aromatic nitrogens is 2. The fourth-order valence-corrected chi connectivity index (χ4v) is 5.16. The molecule has 4 heterocycles. The van der Waals surface area contributed by atoms with Gasteiger partial charge in [-0.1, -0.05) is 25.1 Å². The van der Waals surface area contributed by atoms with E-state index in [0.29, 0.717) is 28.4 Å². The summed E-state index contributed by atoms with van der Waals surface area (Å²) >= 11 is 2.30. The second-order valence-electron chi connectivity index (χ2n) is 10.1. The van der Waals surface area contributed by atoms with Gasteiger partial charge in [0.15, 0.2) is 23.0 Å². The van der Waals surface area contributed by atoms with Crippen molar-refractivity contribution in [1.29, 1.82) is 10.5 Å². The summed E-state index contributed by atoms with van der Waals surface area (Å²) < 4.78 is 41.1. The number of fused-ring (bicyclic) bond motifs is 4. The van der Waals surface area contributed by atoms with Crippen LogP contribution in [0.15, 0.2) is 85.2 Å². The molecule has 1 unspecified atom stereocenters. The third kappa shape index (κ3) is 11.7. The first-order valence-electron chi connectivity index (χ1n) is 14.2. The van der Waals surface area contributed by atoms with Gasteiger partial charge in [0, 0.05) is 44.6 Å². The van der Waals surface area contributed by atoms with Gasteiger partial charge < -0.3 is 44.8 Å². The quantitative estimate of drug-likeness (QED) is 0.0866. The van der Waals surface area contributed by atoms with Crippen LogP contribution >= 0.6 is 30.8 Å². The van der Waals surface area contributed by atoms with Crippen LogP contribution in [0.4, 0.5) is 0 Å². The number of halogens is 1. The van der Waals surface area contributed by atoms with Crippen LogP contribution in [0.5, 0.6) is 28.7 Å². The maximum atomic E-state index is 9.37. The molecule has 0 fully saturated rings. The van der Waals surface area contributed by atoms with Crippen molar-refractivity contribution in [2.45, 2.75) is 14.4 Å². The average molecular weight is 887 g/mol. The minimum Gasteiger partial charge on any atom is -1.00 e. The van der Waals surface area contributed by atoms with Gasteiger partial charge in [-0.05, 0) is 82.6 Å². The van der Waals surface area contributed by atoms with Gasteiger partial charge in [-0.2, -0.15) is 10.5 Å². The number of H-pyrrole nitrogens is 1. The summed E-state index contributed by atoms with van der Waals surface area (Å²) in [6.45, 7) is 2.56. The molecule has 258 valence electrons. The van der Waals surface area contributed by atoms with E-state index in [4.69, 9.17) is 43.7 Å². The molecular weight excluding hydrogens is 856 g/mol. The summed E-state index contributed by atoms with van der Waals surface area (Å²) in [6, 6.07) is 27.9. The van der Waals surface area contributed by atoms with Gasteiger partial charge >= 0.3 is 111 Å². The van der Waals surface area contributed by atoms with Crippen LogP contribution < -0.4 is 137 Å². The number of hydrogen-bond acceptors (Lipinski definition) is 11. The number of hydrogen-bond donors (Lipinski definition) is 1. The predicted octanol–water partition coefficient (Wildman–Crippen LogP) is 0.660. The van der Waals surface area contributed by atoms with Gasteiger partial charge in [-0.15, -0.1) is 0 Å². The van der Waals surface area contributed by atoms with Crippen LogP contribution in [-0.2, 0) is 9.24 Å². The SMILES string of the molecule is C.COc1ccc(-n2cc(C#N)c3cc4c(cc32)OCO4)cc1.Cc1ccc(I)cc1.N#Cc1c[nH]c2cc3c(cc12)OCO3.O=[P+]([O-])O[O-].[H-].[K+].[K+]. The summed E-state index contributed by atoms with van der Waals surface area (Å²) in [6.07, 6.45) is 3.50. The predicted molar refractivity (Wildman–Crippen MR) is 190 cm³/mol. The van der Waals surface area contributed by atoms with E-state index in [2.05, 4.69) is 75.6 Å². The van der Waals surface area contributed by atoms with E-state index in [-0.39, 0.29) is 125 Å². The molecule has 8 rings (SSSR count). The van der Waals surface area contributed by atoms with Crippen LogP contribution in [-0.4, -0.2) is 30.2 Å². The molecule has 13 nitrogen and oxygen atoms in total. The molecule has 52 heavy (non-hydrogen) atoms. The van der Waals surface area contributed by atoms with Gasteiger partial charge in [-0.3, -0.25) is 0 Å². The molecule has 1 atom stereocenters. The Morgan fingerprint density at radius 3 is 1.88 bits per heavy atom. The van der Waals surface area contributed by atoms with Crippen molar-refractivity contribution >= 4 is 52.7 Å². The topological polar surface area (TPSA) is 187 Å². The van der Waals surface area contributed by atoms with E-state index in [0.717, 1.165) is 39.0 Å². The molecule has 1 N–H and O–H groups in total. The van der Waals surface area contributed by atoms with E-state index in [1.54, 1.807) is 13.3 Å². The van der Waals surface area contributed by atoms with Crippen molar-refractivity contribution in [3.63, 3.8) is 0 Å². The van der Waals surface area contributed by atoms with Gasteiger partial charge in [0.1, 0.15) is 17.9 Å². The summed E-state index contributed by atoms with van der Waals surface area (Å²) in [5.41, 5.74) is 5.30. The maximum absolute atomic E-state index is 9.37. The monoisotopic (exact) mass is 886 g/mol. The molecule has 0 radical (unpaired) electrons. The van der Waals surface area contributed by atoms with E-state index in [1.807, 2.05) is 59.3 Å². The Kier molecular flexibility index (Phi) is 19.8.